The highest BCUT2D eigenvalue weighted by atomic mass is 32.1. The highest BCUT2D eigenvalue weighted by molar-refractivity contribution is 7.14. The first-order chi connectivity index (χ1) is 12.5. The van der Waals surface area contributed by atoms with Crippen molar-refractivity contribution in [3.8, 4) is 17.0 Å². The smallest absolute Gasteiger partial charge is 0.226 e. The van der Waals surface area contributed by atoms with Gasteiger partial charge in [-0.2, -0.15) is 0 Å². The van der Waals surface area contributed by atoms with E-state index in [2.05, 4.69) is 10.3 Å². The van der Waals surface area contributed by atoms with Gasteiger partial charge < -0.3 is 14.5 Å². The van der Waals surface area contributed by atoms with Gasteiger partial charge in [-0.05, 0) is 38.5 Å². The summed E-state index contributed by atoms with van der Waals surface area (Å²) < 4.78 is 24.0. The van der Waals surface area contributed by atoms with Gasteiger partial charge in [0.15, 0.2) is 5.13 Å². The predicted molar refractivity (Wildman–Crippen MR) is 99.0 cm³/mol. The number of rotatable bonds is 7. The first-order valence-electron chi connectivity index (χ1n) is 8.22. The number of amides is 1. The number of carbonyl (C=O) groups excluding carboxylic acids is 1. The van der Waals surface area contributed by atoms with Crippen molar-refractivity contribution in [2.45, 2.75) is 26.7 Å². The molecule has 0 unspecified atom stereocenters. The van der Waals surface area contributed by atoms with Crippen LogP contribution in [-0.4, -0.2) is 17.5 Å². The molecule has 1 aromatic carbocycles. The van der Waals surface area contributed by atoms with Crippen molar-refractivity contribution in [1.82, 2.24) is 4.98 Å². The Morgan fingerprint density at radius 3 is 2.92 bits per heavy atom. The lowest BCUT2D eigenvalue weighted by atomic mass is 10.2. The van der Waals surface area contributed by atoms with E-state index in [-0.39, 0.29) is 11.7 Å². The van der Waals surface area contributed by atoms with Crippen LogP contribution in [0.3, 0.4) is 0 Å². The SMILES string of the molecule is Cc1cc(-c2csc(NC(=O)CCCOc3cccc(F)c3)n2)c(C)o1. The van der Waals surface area contributed by atoms with Gasteiger partial charge in [0, 0.05) is 23.4 Å². The number of nitrogens with zero attached hydrogens (tertiary/aromatic N) is 1. The van der Waals surface area contributed by atoms with E-state index in [1.54, 1.807) is 12.1 Å². The van der Waals surface area contributed by atoms with Crippen LogP contribution in [0, 0.1) is 19.7 Å². The van der Waals surface area contributed by atoms with Gasteiger partial charge >= 0.3 is 0 Å². The van der Waals surface area contributed by atoms with Crippen LogP contribution in [0.2, 0.25) is 0 Å². The molecule has 0 saturated carbocycles. The Morgan fingerprint density at radius 2 is 2.19 bits per heavy atom. The lowest BCUT2D eigenvalue weighted by Crippen LogP contribution is -2.12. The molecule has 0 bridgehead atoms. The largest absolute Gasteiger partial charge is 0.493 e. The topological polar surface area (TPSA) is 64.4 Å². The zero-order valence-corrected chi connectivity index (χ0v) is 15.4. The Bertz CT molecular complexity index is 904. The maximum absolute atomic E-state index is 13.0. The second-order valence-corrected chi connectivity index (χ2v) is 6.68. The fourth-order valence-corrected chi connectivity index (χ4v) is 3.23. The number of hydrogen-bond acceptors (Lipinski definition) is 5. The van der Waals surface area contributed by atoms with Crippen molar-refractivity contribution in [3.63, 3.8) is 0 Å². The third-order valence-corrected chi connectivity index (χ3v) is 4.44. The van der Waals surface area contributed by atoms with E-state index in [1.165, 1.54) is 23.5 Å². The molecule has 1 amide bonds. The zero-order valence-electron chi connectivity index (χ0n) is 14.5. The Labute approximate surface area is 154 Å². The van der Waals surface area contributed by atoms with Crippen LogP contribution in [0.4, 0.5) is 9.52 Å². The van der Waals surface area contributed by atoms with Crippen LogP contribution in [0.1, 0.15) is 24.4 Å². The molecule has 7 heteroatoms. The maximum atomic E-state index is 13.0. The van der Waals surface area contributed by atoms with Crippen molar-refractivity contribution < 1.29 is 18.3 Å². The van der Waals surface area contributed by atoms with Crippen LogP contribution >= 0.6 is 11.3 Å². The minimum atomic E-state index is -0.345. The quantitative estimate of drug-likeness (QED) is 0.594. The molecule has 0 fully saturated rings. The fourth-order valence-electron chi connectivity index (χ4n) is 2.50. The van der Waals surface area contributed by atoms with Crippen molar-refractivity contribution in [2.75, 3.05) is 11.9 Å². The van der Waals surface area contributed by atoms with Crippen LogP contribution in [0.25, 0.3) is 11.3 Å². The third-order valence-electron chi connectivity index (χ3n) is 3.68. The molecule has 0 radical (unpaired) electrons. The predicted octanol–water partition coefficient (Wildman–Crippen LogP) is 4.96. The van der Waals surface area contributed by atoms with Crippen LogP contribution in [0.5, 0.6) is 5.75 Å². The molecular formula is C19H19FN2O3S. The molecule has 3 rings (SSSR count). The van der Waals surface area contributed by atoms with Gasteiger partial charge in [-0.25, -0.2) is 9.37 Å². The number of benzene rings is 1. The number of furan rings is 1. The van der Waals surface area contributed by atoms with Crippen LogP contribution < -0.4 is 10.1 Å². The fraction of sp³-hybridized carbons (Fsp3) is 0.263. The molecular weight excluding hydrogens is 355 g/mol. The minimum Gasteiger partial charge on any atom is -0.493 e. The number of thiazole rings is 1. The van der Waals surface area contributed by atoms with Gasteiger partial charge in [0.2, 0.25) is 5.91 Å². The Hall–Kier alpha value is -2.67. The maximum Gasteiger partial charge on any atom is 0.226 e. The number of carbonyl (C=O) groups is 1. The number of aryl methyl sites for hydroxylation is 2. The number of halogens is 1. The standard InChI is InChI=1S/C19H19FN2O3S/c1-12-9-16(13(2)25-12)17-11-26-19(21-17)22-18(23)7-4-8-24-15-6-3-5-14(20)10-15/h3,5-6,9-11H,4,7-8H2,1-2H3,(H,21,22,23). The van der Waals surface area contributed by atoms with E-state index in [0.717, 1.165) is 22.8 Å². The molecule has 0 aliphatic heterocycles. The number of nitrogens with one attached hydrogen (secondary N) is 1. The molecule has 5 nitrogen and oxygen atoms in total. The molecule has 0 saturated heterocycles. The Balaban J connectivity index is 1.46. The van der Waals surface area contributed by atoms with Crippen molar-refractivity contribution >= 4 is 22.4 Å². The summed E-state index contributed by atoms with van der Waals surface area (Å²) in [6, 6.07) is 7.87. The molecule has 0 spiro atoms. The summed E-state index contributed by atoms with van der Waals surface area (Å²) in [4.78, 5) is 16.5. The summed E-state index contributed by atoms with van der Waals surface area (Å²) in [5, 5.41) is 5.23. The molecule has 0 aliphatic rings. The van der Waals surface area contributed by atoms with Gasteiger partial charge in [-0.15, -0.1) is 11.3 Å². The van der Waals surface area contributed by atoms with Crippen molar-refractivity contribution in [1.29, 1.82) is 0 Å². The Morgan fingerprint density at radius 1 is 1.35 bits per heavy atom. The zero-order chi connectivity index (χ0) is 18.5. The lowest BCUT2D eigenvalue weighted by molar-refractivity contribution is -0.116. The minimum absolute atomic E-state index is 0.131. The van der Waals surface area contributed by atoms with Gasteiger partial charge in [0.05, 0.1) is 12.3 Å². The van der Waals surface area contributed by atoms with E-state index in [1.807, 2.05) is 25.3 Å². The van der Waals surface area contributed by atoms with E-state index in [0.29, 0.717) is 30.3 Å². The average molecular weight is 374 g/mol. The van der Waals surface area contributed by atoms with Gasteiger partial charge in [-0.1, -0.05) is 6.07 Å². The lowest BCUT2D eigenvalue weighted by Gasteiger charge is -2.06. The molecule has 26 heavy (non-hydrogen) atoms. The highest BCUT2D eigenvalue weighted by Crippen LogP contribution is 2.29. The summed E-state index contributed by atoms with van der Waals surface area (Å²) in [6.45, 7) is 4.11. The third kappa shape index (κ3) is 4.70. The second-order valence-electron chi connectivity index (χ2n) is 5.82. The highest BCUT2D eigenvalue weighted by Gasteiger charge is 2.12. The number of aromatic nitrogens is 1. The van der Waals surface area contributed by atoms with Crippen molar-refractivity contribution in [2.24, 2.45) is 0 Å². The molecule has 1 N–H and O–H groups in total. The molecule has 3 aromatic rings. The van der Waals surface area contributed by atoms with Gasteiger partial charge in [0.1, 0.15) is 23.1 Å². The second kappa shape index (κ2) is 8.14. The van der Waals surface area contributed by atoms with E-state index in [9.17, 15) is 9.18 Å². The summed E-state index contributed by atoms with van der Waals surface area (Å²) in [5.41, 5.74) is 1.72. The first-order valence-corrected chi connectivity index (χ1v) is 9.10. The van der Waals surface area contributed by atoms with E-state index < -0.39 is 0 Å². The normalized spacial score (nSPS) is 10.7. The van der Waals surface area contributed by atoms with E-state index >= 15 is 0 Å². The number of ether oxygens (including phenoxy) is 1. The molecule has 0 atom stereocenters. The van der Waals surface area contributed by atoms with E-state index in [4.69, 9.17) is 9.15 Å². The summed E-state index contributed by atoms with van der Waals surface area (Å²) >= 11 is 1.37. The Kier molecular flexibility index (Phi) is 5.68. The van der Waals surface area contributed by atoms with Crippen LogP contribution in [0.15, 0.2) is 40.1 Å². The van der Waals surface area contributed by atoms with Crippen LogP contribution in [-0.2, 0) is 4.79 Å². The van der Waals surface area contributed by atoms with Gasteiger partial charge in [0.25, 0.3) is 0 Å². The summed E-state index contributed by atoms with van der Waals surface area (Å²) in [6.07, 6.45) is 0.828. The molecule has 2 aromatic heterocycles. The number of anilines is 1. The monoisotopic (exact) mass is 374 g/mol. The summed E-state index contributed by atoms with van der Waals surface area (Å²) in [7, 11) is 0. The first kappa shape index (κ1) is 18.1. The molecule has 2 heterocycles. The number of hydrogen-bond donors (Lipinski definition) is 1. The molecule has 136 valence electrons. The van der Waals surface area contributed by atoms with Crippen molar-refractivity contribution in [3.05, 3.63) is 53.0 Å². The summed E-state index contributed by atoms with van der Waals surface area (Å²) in [5.74, 6) is 1.62. The van der Waals surface area contributed by atoms with Gasteiger partial charge in [-0.3, -0.25) is 4.79 Å². The average Bonchev–Trinajstić information content (AvgIpc) is 3.17. The molecule has 0 aliphatic carbocycles.